The molecule has 1 N–H and O–H groups in total. The van der Waals surface area contributed by atoms with Crippen LogP contribution in [-0.2, 0) is 30.7 Å². The monoisotopic (exact) mass is 431 g/mol. The first-order chi connectivity index (χ1) is 14.3. The van der Waals surface area contributed by atoms with Crippen LogP contribution in [0.1, 0.15) is 54.4 Å². The number of hydrogen-bond acceptors (Lipinski definition) is 5. The number of hydrogen-bond donors (Lipinski definition) is 1. The molecule has 0 spiro atoms. The maximum atomic E-state index is 12.6. The summed E-state index contributed by atoms with van der Waals surface area (Å²) in [5, 5.41) is 12.1. The average molecular weight is 432 g/mol. The summed E-state index contributed by atoms with van der Waals surface area (Å²) in [6, 6.07) is 6.29. The predicted molar refractivity (Wildman–Crippen MR) is 116 cm³/mol. The van der Waals surface area contributed by atoms with Gasteiger partial charge < -0.3 is 19.5 Å². The van der Waals surface area contributed by atoms with Crippen molar-refractivity contribution in [2.45, 2.75) is 57.5 Å². The summed E-state index contributed by atoms with van der Waals surface area (Å²) in [5.74, 6) is 3.41. The van der Waals surface area contributed by atoms with E-state index in [0.717, 1.165) is 75.8 Å². The zero-order valence-corrected chi connectivity index (χ0v) is 18.1. The third kappa shape index (κ3) is 4.32. The molecule has 1 fully saturated rings. The van der Waals surface area contributed by atoms with Crippen LogP contribution in [-0.4, -0.2) is 51.8 Å². The third-order valence-electron chi connectivity index (χ3n) is 6.55. The number of halogens is 1. The van der Waals surface area contributed by atoms with Crippen molar-refractivity contribution >= 4 is 18.3 Å². The molecular formula is C22H30ClN5O2. The minimum Gasteiger partial charge on any atom is -0.484 e. The van der Waals surface area contributed by atoms with E-state index in [1.807, 2.05) is 11.0 Å². The van der Waals surface area contributed by atoms with Crippen molar-refractivity contribution in [2.24, 2.45) is 0 Å². The van der Waals surface area contributed by atoms with Gasteiger partial charge in [-0.3, -0.25) is 4.79 Å². The van der Waals surface area contributed by atoms with E-state index in [-0.39, 0.29) is 24.9 Å². The first-order valence-electron chi connectivity index (χ1n) is 10.9. The van der Waals surface area contributed by atoms with Gasteiger partial charge in [0.1, 0.15) is 17.4 Å². The molecule has 1 aromatic heterocycles. The molecule has 8 heteroatoms. The number of benzene rings is 1. The molecule has 162 valence electrons. The lowest BCUT2D eigenvalue weighted by atomic mass is 9.92. The topological polar surface area (TPSA) is 72.3 Å². The van der Waals surface area contributed by atoms with Gasteiger partial charge in [-0.05, 0) is 61.8 Å². The zero-order valence-electron chi connectivity index (χ0n) is 17.3. The van der Waals surface area contributed by atoms with Crippen molar-refractivity contribution < 1.29 is 9.53 Å². The van der Waals surface area contributed by atoms with Crippen LogP contribution < -0.4 is 10.1 Å². The van der Waals surface area contributed by atoms with Crippen LogP contribution in [0, 0.1) is 0 Å². The van der Waals surface area contributed by atoms with E-state index in [1.54, 1.807) is 0 Å². The predicted octanol–water partition coefficient (Wildman–Crippen LogP) is 2.47. The van der Waals surface area contributed by atoms with Crippen molar-refractivity contribution in [1.29, 1.82) is 0 Å². The molecule has 0 saturated carbocycles. The Morgan fingerprint density at radius 2 is 1.90 bits per heavy atom. The average Bonchev–Trinajstić information content (AvgIpc) is 3.21. The summed E-state index contributed by atoms with van der Waals surface area (Å²) < 4.78 is 8.10. The van der Waals surface area contributed by atoms with Gasteiger partial charge in [0.05, 0.1) is 6.54 Å². The van der Waals surface area contributed by atoms with E-state index < -0.39 is 0 Å². The van der Waals surface area contributed by atoms with Gasteiger partial charge in [0.25, 0.3) is 5.91 Å². The second-order valence-corrected chi connectivity index (χ2v) is 8.38. The van der Waals surface area contributed by atoms with E-state index in [2.05, 4.69) is 32.2 Å². The summed E-state index contributed by atoms with van der Waals surface area (Å²) >= 11 is 0. The summed E-state index contributed by atoms with van der Waals surface area (Å²) in [6.07, 6.45) is 6.68. The van der Waals surface area contributed by atoms with Crippen LogP contribution in [0.4, 0.5) is 0 Å². The van der Waals surface area contributed by atoms with E-state index >= 15 is 0 Å². The van der Waals surface area contributed by atoms with Gasteiger partial charge in [-0.25, -0.2) is 0 Å². The highest BCUT2D eigenvalue weighted by Crippen LogP contribution is 2.28. The molecule has 0 unspecified atom stereocenters. The number of carbonyl (C=O) groups is 1. The van der Waals surface area contributed by atoms with Crippen molar-refractivity contribution in [3.8, 4) is 5.75 Å². The maximum Gasteiger partial charge on any atom is 0.260 e. The van der Waals surface area contributed by atoms with Gasteiger partial charge in [-0.2, -0.15) is 0 Å². The minimum absolute atomic E-state index is 0. The summed E-state index contributed by atoms with van der Waals surface area (Å²) in [5.41, 5.74) is 2.82. The lowest BCUT2D eigenvalue weighted by Gasteiger charge is -2.32. The standard InChI is InChI=1S/C22H29N5O2.ClH/c28-21(15-29-19-6-5-16-3-1-2-4-18(16)13-19)26-10-7-17(8-11-26)22-25-24-20-14-23-9-12-27(20)22;/h5-6,13,17,23H,1-4,7-12,14-15H2;1H. The molecule has 1 amide bonds. The number of nitrogens with zero attached hydrogens (tertiary/aromatic N) is 4. The van der Waals surface area contributed by atoms with E-state index in [1.165, 1.54) is 24.0 Å². The van der Waals surface area contributed by atoms with E-state index in [0.29, 0.717) is 5.92 Å². The van der Waals surface area contributed by atoms with Crippen LogP contribution >= 0.6 is 12.4 Å². The molecule has 1 saturated heterocycles. The van der Waals surface area contributed by atoms with E-state index in [4.69, 9.17) is 4.74 Å². The lowest BCUT2D eigenvalue weighted by molar-refractivity contribution is -0.134. The Balaban J connectivity index is 0.00000218. The quantitative estimate of drug-likeness (QED) is 0.805. The van der Waals surface area contributed by atoms with Gasteiger partial charge in [0, 0.05) is 32.1 Å². The smallest absolute Gasteiger partial charge is 0.260 e. The van der Waals surface area contributed by atoms with Crippen LogP contribution in [0.15, 0.2) is 18.2 Å². The highest BCUT2D eigenvalue weighted by molar-refractivity contribution is 5.85. The van der Waals surface area contributed by atoms with Crippen molar-refractivity contribution in [3.05, 3.63) is 41.0 Å². The largest absolute Gasteiger partial charge is 0.484 e. The third-order valence-corrected chi connectivity index (χ3v) is 6.55. The fraction of sp³-hybridized carbons (Fsp3) is 0.591. The SMILES string of the molecule is Cl.O=C(COc1ccc2c(c1)CCCC2)N1CCC(c2nnc3n2CCNC3)CC1. The molecule has 3 aliphatic rings. The number of rotatable bonds is 4. The normalized spacial score (nSPS) is 18.9. The van der Waals surface area contributed by atoms with Crippen LogP contribution in [0.25, 0.3) is 0 Å². The molecule has 0 atom stereocenters. The lowest BCUT2D eigenvalue weighted by Crippen LogP contribution is -2.41. The molecule has 2 aliphatic heterocycles. The Bertz CT molecular complexity index is 892. The molecule has 1 aliphatic carbocycles. The van der Waals surface area contributed by atoms with Crippen molar-refractivity contribution in [2.75, 3.05) is 26.2 Å². The van der Waals surface area contributed by atoms with E-state index in [9.17, 15) is 4.79 Å². The van der Waals surface area contributed by atoms with Gasteiger partial charge >= 0.3 is 0 Å². The Hall–Kier alpha value is -2.12. The maximum absolute atomic E-state index is 12.6. The molecule has 1 aromatic carbocycles. The number of amides is 1. The van der Waals surface area contributed by atoms with Crippen molar-refractivity contribution in [3.63, 3.8) is 0 Å². The number of nitrogens with one attached hydrogen (secondary N) is 1. The Kier molecular flexibility index (Phi) is 6.58. The first kappa shape index (κ1) is 21.1. The minimum atomic E-state index is 0. The Morgan fingerprint density at radius 1 is 1.10 bits per heavy atom. The molecule has 0 bridgehead atoms. The van der Waals surface area contributed by atoms with Gasteiger partial charge in [0.2, 0.25) is 0 Å². The summed E-state index contributed by atoms with van der Waals surface area (Å²) in [6.45, 7) is 4.34. The molecule has 0 radical (unpaired) electrons. The molecular weight excluding hydrogens is 402 g/mol. The van der Waals surface area contributed by atoms with Gasteiger partial charge in [-0.15, -0.1) is 22.6 Å². The van der Waals surface area contributed by atoms with Gasteiger partial charge in [-0.1, -0.05) is 6.07 Å². The number of carbonyl (C=O) groups excluding carboxylic acids is 1. The number of likely N-dealkylation sites (tertiary alicyclic amines) is 1. The second-order valence-electron chi connectivity index (χ2n) is 8.38. The summed E-state index contributed by atoms with van der Waals surface area (Å²) in [4.78, 5) is 14.6. The summed E-state index contributed by atoms with van der Waals surface area (Å²) in [7, 11) is 0. The highest BCUT2D eigenvalue weighted by Gasteiger charge is 2.28. The fourth-order valence-electron chi connectivity index (χ4n) is 4.84. The van der Waals surface area contributed by atoms with Crippen LogP contribution in [0.3, 0.4) is 0 Å². The fourth-order valence-corrected chi connectivity index (χ4v) is 4.84. The molecule has 5 rings (SSSR count). The Morgan fingerprint density at radius 3 is 2.73 bits per heavy atom. The Labute approximate surface area is 183 Å². The number of aryl methyl sites for hydroxylation is 2. The first-order valence-corrected chi connectivity index (χ1v) is 10.9. The highest BCUT2D eigenvalue weighted by atomic mass is 35.5. The number of fused-ring (bicyclic) bond motifs is 2. The molecule has 2 aromatic rings. The van der Waals surface area contributed by atoms with Crippen LogP contribution in [0.2, 0.25) is 0 Å². The second kappa shape index (κ2) is 9.35. The van der Waals surface area contributed by atoms with Gasteiger partial charge in [0.15, 0.2) is 6.61 Å². The number of piperidine rings is 1. The van der Waals surface area contributed by atoms with Crippen LogP contribution in [0.5, 0.6) is 5.75 Å². The molecule has 3 heterocycles. The number of aromatic nitrogens is 3. The molecule has 7 nitrogen and oxygen atoms in total. The zero-order chi connectivity index (χ0) is 19.6. The number of ether oxygens (including phenoxy) is 1. The molecule has 30 heavy (non-hydrogen) atoms. The van der Waals surface area contributed by atoms with Crippen molar-refractivity contribution in [1.82, 2.24) is 25.0 Å².